The topological polar surface area (TPSA) is 263 Å². The van der Waals surface area contributed by atoms with Gasteiger partial charge in [0.1, 0.15) is 13.2 Å². The average Bonchev–Trinajstić information content (AvgIpc) is 4.40. The van der Waals surface area contributed by atoms with Crippen molar-refractivity contribution < 1.29 is 90.9 Å². The van der Waals surface area contributed by atoms with Crippen LogP contribution in [0, 0.1) is 90.8 Å². The Morgan fingerprint density at radius 2 is 1.13 bits per heavy atom. The van der Waals surface area contributed by atoms with Crippen molar-refractivity contribution in [3.05, 3.63) is 47.2 Å². The van der Waals surface area contributed by atoms with E-state index in [0.717, 1.165) is 24.0 Å². The van der Waals surface area contributed by atoms with Gasteiger partial charge in [-0.25, -0.2) is 4.79 Å². The molecule has 0 aromatic heterocycles. The first-order valence-corrected chi connectivity index (χ1v) is 29.9. The van der Waals surface area contributed by atoms with Crippen molar-refractivity contribution in [2.45, 2.75) is 201 Å². The Hall–Kier alpha value is -5.15. The van der Waals surface area contributed by atoms with Crippen molar-refractivity contribution in [2.24, 2.45) is 76.9 Å². The number of β-lactam (4-membered cyclic amide) rings is 1. The van der Waals surface area contributed by atoms with Crippen LogP contribution < -0.4 is 5.32 Å². The summed E-state index contributed by atoms with van der Waals surface area (Å²) in [6.07, 6.45) is 0.783. The second-order valence-electron chi connectivity index (χ2n) is 24.4. The van der Waals surface area contributed by atoms with Crippen molar-refractivity contribution in [1.82, 2.24) is 5.32 Å². The van der Waals surface area contributed by atoms with Crippen LogP contribution in [-0.4, -0.2) is 128 Å². The normalized spacial score (nSPS) is 26.6. The molecule has 0 spiro atoms. The molecule has 0 saturated carbocycles. The second kappa shape index (κ2) is 38.1. The molecule has 6 heterocycles. The molecule has 480 valence electrons. The molecule has 6 aliphatic rings. The van der Waals surface area contributed by atoms with Crippen molar-refractivity contribution in [2.75, 3.05) is 33.1 Å². The summed E-state index contributed by atoms with van der Waals surface area (Å²) in [6.45, 7) is 41.0. The zero-order chi connectivity index (χ0) is 64.5. The molecule has 12 atom stereocenters. The summed E-state index contributed by atoms with van der Waals surface area (Å²) in [5.41, 5.74) is 2.29. The van der Waals surface area contributed by atoms with Crippen molar-refractivity contribution >= 4 is 47.1 Å². The predicted molar refractivity (Wildman–Crippen MR) is 314 cm³/mol. The third kappa shape index (κ3) is 25.4. The van der Waals surface area contributed by atoms with E-state index in [1.54, 1.807) is 13.8 Å². The molecule has 0 radical (unpaired) electrons. The molecule has 7 rings (SSSR count). The number of hydrogen-bond acceptors (Lipinski definition) is 18. The maximum absolute atomic E-state index is 12.0. The number of Topliss-reactive ketones (excluding diaryl/α,β-unsaturated/α-hetero) is 3. The number of esters is 4. The van der Waals surface area contributed by atoms with Gasteiger partial charge < -0.3 is 53.4 Å². The first kappa shape index (κ1) is 76.9. The Morgan fingerprint density at radius 3 is 1.49 bits per heavy atom. The van der Waals surface area contributed by atoms with Crippen LogP contribution in [0.5, 0.6) is 0 Å². The number of carbonyl (C=O) groups is 8. The SMILES string of the molecule is C=C1C[C@H](C(C)C)C(O)O1.CC(=O)O[C@@H]1NC(=O)[C@H]1C(C)C.CC(C)[C@@H]1C(=O)CO[C@H]1CCF.CC(C)[C@H]1CC(=O)O[C@H]1O.CCO[C@@H]1OC(=O)C[C@@H]1C(C)C.CC[C@@H]1OCC(=O)[C@H]1C(C)C.Cc1cccc(C)c1C(=O)OCC(=O)C(C)C. The Labute approximate surface area is 499 Å². The molecule has 0 bridgehead atoms. The van der Waals surface area contributed by atoms with Crippen LogP contribution in [-0.2, 0) is 71.5 Å². The van der Waals surface area contributed by atoms with E-state index in [0.29, 0.717) is 67.5 Å². The van der Waals surface area contributed by atoms with Crippen LogP contribution in [0.4, 0.5) is 4.39 Å². The predicted octanol–water partition coefficient (Wildman–Crippen LogP) is 9.79. The Morgan fingerprint density at radius 1 is 0.667 bits per heavy atom. The number of alkyl halides is 1. The number of aliphatic hydroxyl groups is 2. The smallest absolute Gasteiger partial charge is 0.339 e. The Kier molecular flexibility index (Phi) is 34.9. The lowest BCUT2D eigenvalue weighted by atomic mass is 9.87. The van der Waals surface area contributed by atoms with E-state index >= 15 is 0 Å². The highest BCUT2D eigenvalue weighted by atomic mass is 19.1. The van der Waals surface area contributed by atoms with Gasteiger partial charge in [0.2, 0.25) is 18.5 Å². The zero-order valence-electron chi connectivity index (χ0n) is 53.8. The summed E-state index contributed by atoms with van der Waals surface area (Å²) in [5, 5.41) is 20.9. The molecule has 6 aliphatic heterocycles. The van der Waals surface area contributed by atoms with Crippen LogP contribution in [0.25, 0.3) is 0 Å². The van der Waals surface area contributed by atoms with E-state index in [9.17, 15) is 47.9 Å². The Bertz CT molecular complexity index is 2200. The molecular weight excluding hydrogens is 1090 g/mol. The number of carbonyl (C=O) groups excluding carboxylic acids is 8. The number of allylic oxidation sites excluding steroid dienone is 1. The number of benzene rings is 1. The van der Waals surface area contributed by atoms with Gasteiger partial charge in [0.15, 0.2) is 36.5 Å². The Balaban J connectivity index is 0.000000493. The third-order valence-electron chi connectivity index (χ3n) is 15.3. The molecule has 0 aliphatic carbocycles. The summed E-state index contributed by atoms with van der Waals surface area (Å²) in [5.74, 6) is 2.20. The molecule has 20 heteroatoms. The number of nitrogens with one attached hydrogen (secondary N) is 1. The van der Waals surface area contributed by atoms with Crippen LogP contribution in [0.3, 0.4) is 0 Å². The van der Waals surface area contributed by atoms with E-state index in [1.807, 2.05) is 80.5 Å². The largest absolute Gasteiger partial charge is 0.470 e. The number of rotatable bonds is 16. The highest BCUT2D eigenvalue weighted by Gasteiger charge is 2.44. The van der Waals surface area contributed by atoms with Crippen LogP contribution in [0.1, 0.15) is 171 Å². The van der Waals surface area contributed by atoms with Crippen LogP contribution in [0.2, 0.25) is 0 Å². The quantitative estimate of drug-likeness (QED) is 0.0790. The van der Waals surface area contributed by atoms with Gasteiger partial charge in [-0.05, 0) is 73.8 Å². The van der Waals surface area contributed by atoms with Gasteiger partial charge in [-0.15, -0.1) is 0 Å². The standard InChI is InChI=1S/C14H18O3.C9H15FO2.C9H16O3.C9H16O2.C8H13NO3.C8H14O2.C7H12O3/c1-9(2)12(15)8-17-14(16)13-10(3)6-5-7-11(13)4;1-6(2)9-7(11)5-12-8(9)3-4-10;1-4-11-9-7(6(2)3)5-8(10)12-9;1-4-8-9(6(2)3)7(10)5-11-8;1-4(2)6-7(11)9-8(6)12-5(3)10;1-5(2)7-4-6(3)10-8(7)9;1-4(2)5-3-6(8)10-7(5)9/h5-7,9H,8H2,1-4H3;6,8-9H,3-5H2,1-2H3;6-7,9H,4-5H2,1-3H3;6,8-9H,4-5H2,1-3H3;4,6,8H,1-3H3,(H,9,11);5,7-9H,3-4H2,1-2H3;4-5,7,9H,3H2,1-2H3/t;8-,9+;7-,9-;8-,9+;6-,8+;7-,8?;5-,7-/m.010111/s1. The molecule has 1 amide bonds. The van der Waals surface area contributed by atoms with Gasteiger partial charge in [-0.1, -0.05) is 129 Å². The number of amides is 1. The fraction of sp³-hybridized carbons (Fsp3) is 0.750. The van der Waals surface area contributed by atoms with E-state index in [1.165, 1.54) is 6.92 Å². The van der Waals surface area contributed by atoms with E-state index in [-0.39, 0.29) is 126 Å². The molecular formula is C64H104FNO18. The number of ketones is 3. The van der Waals surface area contributed by atoms with Gasteiger partial charge in [-0.2, -0.15) is 0 Å². The van der Waals surface area contributed by atoms with Gasteiger partial charge in [0, 0.05) is 61.9 Å². The van der Waals surface area contributed by atoms with Crippen LogP contribution >= 0.6 is 0 Å². The fourth-order valence-electron chi connectivity index (χ4n) is 10.1. The first-order valence-electron chi connectivity index (χ1n) is 29.9. The van der Waals surface area contributed by atoms with Crippen molar-refractivity contribution in [3.8, 4) is 0 Å². The highest BCUT2D eigenvalue weighted by molar-refractivity contribution is 5.94. The lowest BCUT2D eigenvalue weighted by molar-refractivity contribution is -0.170. The first-order chi connectivity index (χ1) is 39.1. The molecule has 6 fully saturated rings. The van der Waals surface area contributed by atoms with E-state index in [4.69, 9.17) is 38.3 Å². The number of hydrogen-bond donors (Lipinski definition) is 3. The maximum atomic E-state index is 12.0. The molecule has 1 aromatic carbocycles. The minimum Gasteiger partial charge on any atom is -0.470 e. The van der Waals surface area contributed by atoms with Crippen molar-refractivity contribution in [3.63, 3.8) is 0 Å². The fourth-order valence-corrected chi connectivity index (χ4v) is 10.1. The van der Waals surface area contributed by atoms with Crippen LogP contribution in [0.15, 0.2) is 30.5 Å². The number of ether oxygens (including phenoxy) is 8. The molecule has 84 heavy (non-hydrogen) atoms. The van der Waals surface area contributed by atoms with Gasteiger partial charge in [-0.3, -0.25) is 38.0 Å². The molecule has 6 saturated heterocycles. The van der Waals surface area contributed by atoms with Gasteiger partial charge in [0.05, 0.1) is 49.0 Å². The minimum atomic E-state index is -0.868. The number of halogens is 1. The number of aliphatic hydroxyl groups excluding tert-OH is 2. The summed E-state index contributed by atoms with van der Waals surface area (Å²) < 4.78 is 52.3. The number of aryl methyl sites for hydroxylation is 2. The molecule has 1 unspecified atom stereocenters. The van der Waals surface area contributed by atoms with Crippen molar-refractivity contribution in [1.29, 1.82) is 0 Å². The van der Waals surface area contributed by atoms with E-state index < -0.39 is 31.5 Å². The monoisotopic (exact) mass is 1190 g/mol. The summed E-state index contributed by atoms with van der Waals surface area (Å²) in [7, 11) is 0. The number of cyclic esters (lactones) is 2. The highest BCUT2D eigenvalue weighted by Crippen LogP contribution is 2.33. The summed E-state index contributed by atoms with van der Waals surface area (Å²) >= 11 is 0. The summed E-state index contributed by atoms with van der Waals surface area (Å²) in [4.78, 5) is 88.8. The summed E-state index contributed by atoms with van der Waals surface area (Å²) in [6, 6.07) is 5.60. The average molecular weight is 1190 g/mol. The lowest BCUT2D eigenvalue weighted by Crippen LogP contribution is -2.61. The molecule has 19 nitrogen and oxygen atoms in total. The zero-order valence-corrected chi connectivity index (χ0v) is 53.8. The van der Waals surface area contributed by atoms with Gasteiger partial charge >= 0.3 is 23.9 Å². The molecule has 1 aromatic rings. The second-order valence-corrected chi connectivity index (χ2v) is 24.4. The third-order valence-corrected chi connectivity index (χ3v) is 15.3. The lowest BCUT2D eigenvalue weighted by Gasteiger charge is -2.37. The van der Waals surface area contributed by atoms with Gasteiger partial charge in [0.25, 0.3) is 0 Å². The van der Waals surface area contributed by atoms with E-state index in [2.05, 4.69) is 65.1 Å². The minimum absolute atomic E-state index is 0.00694. The maximum Gasteiger partial charge on any atom is 0.339 e. The molecule has 3 N–H and O–H groups in total.